The van der Waals surface area contributed by atoms with Crippen LogP contribution in [0, 0.1) is 0 Å². The lowest BCUT2D eigenvalue weighted by Gasteiger charge is -2.32. The van der Waals surface area contributed by atoms with E-state index in [9.17, 15) is 4.79 Å². The van der Waals surface area contributed by atoms with E-state index >= 15 is 0 Å². The van der Waals surface area contributed by atoms with E-state index in [4.69, 9.17) is 4.74 Å². The third kappa shape index (κ3) is 5.09. The molecular formula is C19H30ClN3O2. The highest BCUT2D eigenvalue weighted by Gasteiger charge is 2.31. The Morgan fingerprint density at radius 2 is 1.92 bits per heavy atom. The number of nitrogens with zero attached hydrogens (tertiary/aromatic N) is 2. The van der Waals surface area contributed by atoms with Crippen LogP contribution in [0.25, 0.3) is 0 Å². The minimum Gasteiger partial charge on any atom is -0.497 e. The molecule has 2 heterocycles. The summed E-state index contributed by atoms with van der Waals surface area (Å²) in [4.78, 5) is 17.3. The number of hydrogen-bond acceptors (Lipinski definition) is 4. The molecule has 3 rings (SSSR count). The zero-order chi connectivity index (χ0) is 16.9. The second kappa shape index (κ2) is 9.41. The van der Waals surface area contributed by atoms with Gasteiger partial charge in [0, 0.05) is 51.7 Å². The van der Waals surface area contributed by atoms with Crippen LogP contribution in [0.3, 0.4) is 0 Å². The highest BCUT2D eigenvalue weighted by atomic mass is 35.5. The van der Waals surface area contributed by atoms with Gasteiger partial charge >= 0.3 is 0 Å². The van der Waals surface area contributed by atoms with Crippen molar-refractivity contribution in [1.29, 1.82) is 0 Å². The van der Waals surface area contributed by atoms with Crippen LogP contribution in [-0.4, -0.2) is 68.1 Å². The zero-order valence-electron chi connectivity index (χ0n) is 15.2. The molecule has 0 aliphatic carbocycles. The lowest BCUT2D eigenvalue weighted by molar-refractivity contribution is -0.130. The zero-order valence-corrected chi connectivity index (χ0v) is 16.1. The van der Waals surface area contributed by atoms with E-state index in [-0.39, 0.29) is 24.2 Å². The van der Waals surface area contributed by atoms with Crippen LogP contribution in [0.15, 0.2) is 24.3 Å². The summed E-state index contributed by atoms with van der Waals surface area (Å²) in [6.07, 6.45) is 1.70. The summed E-state index contributed by atoms with van der Waals surface area (Å²) in [6.45, 7) is 8.28. The fraction of sp³-hybridized carbons (Fsp3) is 0.632. The number of amides is 1. The molecule has 140 valence electrons. The first-order valence-electron chi connectivity index (χ1n) is 9.04. The maximum atomic E-state index is 12.7. The van der Waals surface area contributed by atoms with Crippen molar-refractivity contribution in [3.05, 3.63) is 29.8 Å². The van der Waals surface area contributed by atoms with Gasteiger partial charge in [0.05, 0.1) is 7.11 Å². The first kappa shape index (κ1) is 20.0. The molecule has 2 aliphatic rings. The molecule has 25 heavy (non-hydrogen) atoms. The second-order valence-corrected chi connectivity index (χ2v) is 6.95. The first-order valence-corrected chi connectivity index (χ1v) is 9.04. The maximum Gasteiger partial charge on any atom is 0.223 e. The van der Waals surface area contributed by atoms with Gasteiger partial charge in [-0.05, 0) is 30.0 Å². The highest BCUT2D eigenvalue weighted by Crippen LogP contribution is 2.24. The maximum absolute atomic E-state index is 12.7. The number of benzene rings is 1. The van der Waals surface area contributed by atoms with Crippen molar-refractivity contribution >= 4 is 18.3 Å². The van der Waals surface area contributed by atoms with Gasteiger partial charge in [0.1, 0.15) is 5.75 Å². The molecular weight excluding hydrogens is 338 g/mol. The second-order valence-electron chi connectivity index (χ2n) is 6.95. The Balaban J connectivity index is 0.00000225. The summed E-state index contributed by atoms with van der Waals surface area (Å²) >= 11 is 0. The van der Waals surface area contributed by atoms with Crippen LogP contribution < -0.4 is 10.1 Å². The molecule has 2 fully saturated rings. The van der Waals surface area contributed by atoms with Gasteiger partial charge < -0.3 is 15.0 Å². The molecule has 1 aromatic carbocycles. The molecule has 5 nitrogen and oxygen atoms in total. The quantitative estimate of drug-likeness (QED) is 0.865. The number of piperazine rings is 1. The van der Waals surface area contributed by atoms with Gasteiger partial charge in [-0.25, -0.2) is 0 Å². The average molecular weight is 368 g/mol. The molecule has 2 aliphatic heterocycles. The summed E-state index contributed by atoms with van der Waals surface area (Å²) in [7, 11) is 1.67. The topological polar surface area (TPSA) is 44.8 Å². The Labute approximate surface area is 157 Å². The summed E-state index contributed by atoms with van der Waals surface area (Å²) in [6, 6.07) is 8.60. The smallest absolute Gasteiger partial charge is 0.223 e. The SMILES string of the molecule is COc1ccc(C(C)CC(=O)N2CCC(N3CCNCC3)C2)cc1.Cl. The Morgan fingerprint density at radius 1 is 1.24 bits per heavy atom. The van der Waals surface area contributed by atoms with Gasteiger partial charge in [0.2, 0.25) is 5.91 Å². The molecule has 0 spiro atoms. The normalized spacial score (nSPS) is 22.3. The molecule has 6 heteroatoms. The average Bonchev–Trinajstić information content (AvgIpc) is 3.13. The molecule has 0 saturated carbocycles. The molecule has 1 N–H and O–H groups in total. The first-order chi connectivity index (χ1) is 11.7. The van der Waals surface area contributed by atoms with Crippen LogP contribution in [0.2, 0.25) is 0 Å². The van der Waals surface area contributed by atoms with Crippen molar-refractivity contribution < 1.29 is 9.53 Å². The number of nitrogens with one attached hydrogen (secondary N) is 1. The van der Waals surface area contributed by atoms with Crippen LogP contribution in [0.4, 0.5) is 0 Å². The fourth-order valence-electron chi connectivity index (χ4n) is 3.75. The third-order valence-electron chi connectivity index (χ3n) is 5.35. The van der Waals surface area contributed by atoms with Crippen molar-refractivity contribution in [2.75, 3.05) is 46.4 Å². The van der Waals surface area contributed by atoms with E-state index < -0.39 is 0 Å². The molecule has 2 atom stereocenters. The van der Waals surface area contributed by atoms with Crippen molar-refractivity contribution in [1.82, 2.24) is 15.1 Å². The molecule has 2 saturated heterocycles. The minimum atomic E-state index is 0. The number of ether oxygens (including phenoxy) is 1. The van der Waals surface area contributed by atoms with E-state index in [0.717, 1.165) is 51.4 Å². The minimum absolute atomic E-state index is 0. The van der Waals surface area contributed by atoms with Gasteiger partial charge in [-0.2, -0.15) is 0 Å². The van der Waals surface area contributed by atoms with Crippen LogP contribution in [0.5, 0.6) is 5.75 Å². The van der Waals surface area contributed by atoms with E-state index in [1.165, 1.54) is 5.56 Å². The number of hydrogen-bond donors (Lipinski definition) is 1. The Kier molecular flexibility index (Phi) is 7.54. The van der Waals surface area contributed by atoms with Crippen molar-refractivity contribution in [3.8, 4) is 5.75 Å². The van der Waals surface area contributed by atoms with Crippen LogP contribution in [0.1, 0.15) is 31.2 Å². The van der Waals surface area contributed by atoms with Gasteiger partial charge in [-0.15, -0.1) is 12.4 Å². The van der Waals surface area contributed by atoms with Crippen LogP contribution in [-0.2, 0) is 4.79 Å². The lowest BCUT2D eigenvalue weighted by atomic mass is 9.97. The van der Waals surface area contributed by atoms with E-state index in [2.05, 4.69) is 34.2 Å². The monoisotopic (exact) mass is 367 g/mol. The van der Waals surface area contributed by atoms with Crippen molar-refractivity contribution in [2.24, 2.45) is 0 Å². The van der Waals surface area contributed by atoms with Crippen molar-refractivity contribution in [2.45, 2.75) is 31.7 Å². The standard InChI is InChI=1S/C19H29N3O2.ClH/c1-15(16-3-5-18(24-2)6-4-16)13-19(23)22-10-7-17(14-22)21-11-8-20-9-12-21;/h3-6,15,17,20H,7-14H2,1-2H3;1H. The Bertz CT molecular complexity index is 546. The predicted octanol–water partition coefficient (Wildman–Crippen LogP) is 2.12. The fourth-order valence-corrected chi connectivity index (χ4v) is 3.75. The molecule has 1 amide bonds. The van der Waals surface area contributed by atoms with Gasteiger partial charge in [0.25, 0.3) is 0 Å². The summed E-state index contributed by atoms with van der Waals surface area (Å²) in [5, 5.41) is 3.39. The van der Waals surface area contributed by atoms with E-state index in [0.29, 0.717) is 12.5 Å². The third-order valence-corrected chi connectivity index (χ3v) is 5.35. The van der Waals surface area contributed by atoms with Gasteiger partial charge in [-0.3, -0.25) is 9.69 Å². The van der Waals surface area contributed by atoms with E-state index in [1.807, 2.05) is 12.1 Å². The number of carbonyl (C=O) groups excluding carboxylic acids is 1. The number of carbonyl (C=O) groups is 1. The molecule has 0 aromatic heterocycles. The van der Waals surface area contributed by atoms with Crippen molar-refractivity contribution in [3.63, 3.8) is 0 Å². The summed E-state index contributed by atoms with van der Waals surface area (Å²) < 4.78 is 5.20. The largest absolute Gasteiger partial charge is 0.497 e. The molecule has 2 unspecified atom stereocenters. The molecule has 0 radical (unpaired) electrons. The van der Waals surface area contributed by atoms with Crippen LogP contribution >= 0.6 is 12.4 Å². The summed E-state index contributed by atoms with van der Waals surface area (Å²) in [5.41, 5.74) is 1.20. The highest BCUT2D eigenvalue weighted by molar-refractivity contribution is 5.85. The Morgan fingerprint density at radius 3 is 2.56 bits per heavy atom. The number of likely N-dealkylation sites (tertiary alicyclic amines) is 1. The van der Waals surface area contributed by atoms with E-state index in [1.54, 1.807) is 7.11 Å². The lowest BCUT2D eigenvalue weighted by Crippen LogP contribution is -2.49. The number of rotatable bonds is 5. The van der Waals surface area contributed by atoms with Gasteiger partial charge in [-0.1, -0.05) is 19.1 Å². The Hall–Kier alpha value is -1.30. The number of halogens is 1. The summed E-state index contributed by atoms with van der Waals surface area (Å²) in [5.74, 6) is 1.38. The predicted molar refractivity (Wildman–Crippen MR) is 103 cm³/mol. The number of methoxy groups -OCH3 is 1. The molecule has 0 bridgehead atoms. The molecule has 1 aromatic rings. The van der Waals surface area contributed by atoms with Gasteiger partial charge in [0.15, 0.2) is 0 Å².